The number of benzene rings is 2. The van der Waals surface area contributed by atoms with Crippen LogP contribution in [0, 0.1) is 13.8 Å². The van der Waals surface area contributed by atoms with Gasteiger partial charge in [0, 0.05) is 62.9 Å². The topological polar surface area (TPSA) is 99.2 Å². The number of alkyl halides is 3. The molecule has 0 bridgehead atoms. The summed E-state index contributed by atoms with van der Waals surface area (Å²) in [6, 6.07) is 11.9. The van der Waals surface area contributed by atoms with Gasteiger partial charge in [0.1, 0.15) is 11.6 Å². The van der Waals surface area contributed by atoms with Crippen molar-refractivity contribution in [3.63, 3.8) is 0 Å². The third-order valence-electron chi connectivity index (χ3n) is 7.08. The average molecular weight is 611 g/mol. The summed E-state index contributed by atoms with van der Waals surface area (Å²) in [7, 11) is 0. The number of nitrogens with one attached hydrogen (secondary N) is 2. The number of carbonyl (C=O) groups excluding carboxylic acids is 1. The molecule has 0 atom stereocenters. The lowest BCUT2D eigenvalue weighted by Crippen LogP contribution is -2.46. The first kappa shape index (κ1) is 30.2. The summed E-state index contributed by atoms with van der Waals surface area (Å²) >= 11 is 5.67. The Balaban J connectivity index is 1.23. The fraction of sp³-hybridized carbons (Fsp3) is 0.300. The fourth-order valence-corrected chi connectivity index (χ4v) is 5.04. The van der Waals surface area contributed by atoms with Crippen LogP contribution in [0.15, 0.2) is 60.9 Å². The maximum absolute atomic E-state index is 13.2. The van der Waals surface area contributed by atoms with Gasteiger partial charge >= 0.3 is 12.2 Å². The lowest BCUT2D eigenvalue weighted by atomic mass is 10.0. The zero-order valence-electron chi connectivity index (χ0n) is 23.6. The van der Waals surface area contributed by atoms with Crippen molar-refractivity contribution in [3.05, 3.63) is 99.8 Å². The molecule has 2 N–H and O–H groups in total. The molecule has 5 rings (SSSR count). The zero-order valence-corrected chi connectivity index (χ0v) is 24.4. The summed E-state index contributed by atoms with van der Waals surface area (Å²) in [5.74, 6) is 1.86. The number of hydrogen-bond acceptors (Lipinski definition) is 7. The Morgan fingerprint density at radius 1 is 0.907 bits per heavy atom. The van der Waals surface area contributed by atoms with Crippen LogP contribution in [0.5, 0.6) is 0 Å². The van der Waals surface area contributed by atoms with Crippen molar-refractivity contribution in [2.24, 2.45) is 0 Å². The van der Waals surface area contributed by atoms with Gasteiger partial charge in [-0.15, -0.1) is 0 Å². The summed E-state index contributed by atoms with van der Waals surface area (Å²) < 4.78 is 39.6. The molecule has 13 heteroatoms. The van der Waals surface area contributed by atoms with Crippen molar-refractivity contribution in [1.82, 2.24) is 24.8 Å². The monoisotopic (exact) mass is 610 g/mol. The fourth-order valence-electron chi connectivity index (χ4n) is 4.82. The Hall–Kier alpha value is -4.29. The number of aryl methyl sites for hydroxylation is 2. The van der Waals surface area contributed by atoms with Crippen LogP contribution in [-0.4, -0.2) is 57.0 Å². The predicted octanol–water partition coefficient (Wildman–Crippen LogP) is 6.11. The molecular formula is C30H30ClF3N8O. The second-order valence-corrected chi connectivity index (χ2v) is 10.7. The first-order valence-electron chi connectivity index (χ1n) is 13.7. The number of amides is 2. The molecule has 0 unspecified atom stereocenters. The van der Waals surface area contributed by atoms with Crippen LogP contribution >= 0.6 is 11.6 Å². The summed E-state index contributed by atoms with van der Waals surface area (Å²) in [5, 5.41) is 4.66. The number of nitrogens with zero attached hydrogens (tertiary/aromatic N) is 6. The number of aromatic nitrogens is 4. The van der Waals surface area contributed by atoms with Crippen molar-refractivity contribution < 1.29 is 18.0 Å². The Bertz CT molecular complexity index is 1590. The molecule has 4 aromatic rings. The van der Waals surface area contributed by atoms with Crippen LogP contribution in [0.4, 0.5) is 35.3 Å². The third kappa shape index (κ3) is 7.96. The van der Waals surface area contributed by atoms with Crippen LogP contribution in [0.2, 0.25) is 5.02 Å². The Labute approximate surface area is 252 Å². The number of carbonyl (C=O) groups is 1. The van der Waals surface area contributed by atoms with Gasteiger partial charge in [0.25, 0.3) is 0 Å². The molecule has 2 aromatic carbocycles. The minimum atomic E-state index is -4.64. The van der Waals surface area contributed by atoms with Gasteiger partial charge in [-0.1, -0.05) is 17.7 Å². The van der Waals surface area contributed by atoms with E-state index in [9.17, 15) is 18.0 Å². The van der Waals surface area contributed by atoms with Crippen molar-refractivity contribution in [2.75, 3.05) is 41.7 Å². The van der Waals surface area contributed by atoms with E-state index in [1.54, 1.807) is 24.5 Å². The largest absolute Gasteiger partial charge is 0.417 e. The van der Waals surface area contributed by atoms with Crippen molar-refractivity contribution in [2.45, 2.75) is 33.0 Å². The first-order valence-corrected chi connectivity index (χ1v) is 14.0. The van der Waals surface area contributed by atoms with Gasteiger partial charge in [-0.2, -0.15) is 23.1 Å². The quantitative estimate of drug-likeness (QED) is 0.260. The van der Waals surface area contributed by atoms with Gasteiger partial charge < -0.3 is 15.5 Å². The highest BCUT2D eigenvalue weighted by atomic mass is 35.5. The Morgan fingerprint density at radius 3 is 2.28 bits per heavy atom. The number of halogens is 4. The van der Waals surface area contributed by atoms with E-state index in [1.807, 2.05) is 32.0 Å². The highest BCUT2D eigenvalue weighted by molar-refractivity contribution is 6.31. The van der Waals surface area contributed by atoms with Crippen LogP contribution < -0.4 is 15.5 Å². The number of hydrogen-bond donors (Lipinski definition) is 2. The van der Waals surface area contributed by atoms with E-state index in [0.29, 0.717) is 29.7 Å². The van der Waals surface area contributed by atoms with Gasteiger partial charge in [0.05, 0.1) is 10.6 Å². The van der Waals surface area contributed by atoms with E-state index in [2.05, 4.69) is 35.4 Å². The molecule has 2 aromatic heterocycles. The second kappa shape index (κ2) is 12.9. The standard InChI is InChI=1S/C30H30ClF3N8O/c1-19-3-4-23(38-29(43)39-24-5-6-26(31)25(17-24)30(32,33)34)15-22(19)16-27-36-20(2)37-28(40-27)42-13-11-41(12-14-42)18-21-7-9-35-10-8-21/h3-10,15,17H,11-14,16,18H2,1-2H3,(H2,38,39,43). The number of urea groups is 1. The maximum Gasteiger partial charge on any atom is 0.417 e. The summed E-state index contributed by atoms with van der Waals surface area (Å²) in [4.78, 5) is 35.1. The van der Waals surface area contributed by atoms with Crippen molar-refractivity contribution in [3.8, 4) is 0 Å². The number of pyridine rings is 1. The first-order chi connectivity index (χ1) is 20.5. The molecule has 3 heterocycles. The molecule has 2 amide bonds. The molecular weight excluding hydrogens is 581 g/mol. The second-order valence-electron chi connectivity index (χ2n) is 10.3. The zero-order chi connectivity index (χ0) is 30.6. The molecule has 0 radical (unpaired) electrons. The molecule has 0 saturated carbocycles. The van der Waals surface area contributed by atoms with E-state index in [-0.39, 0.29) is 5.69 Å². The summed E-state index contributed by atoms with van der Waals surface area (Å²) in [6.45, 7) is 8.00. The smallest absolute Gasteiger partial charge is 0.338 e. The lowest BCUT2D eigenvalue weighted by molar-refractivity contribution is -0.137. The van der Waals surface area contributed by atoms with E-state index in [1.165, 1.54) is 11.6 Å². The van der Waals surface area contributed by atoms with Crippen LogP contribution in [0.25, 0.3) is 0 Å². The molecule has 1 fully saturated rings. The van der Waals surface area contributed by atoms with Crippen LogP contribution in [0.3, 0.4) is 0 Å². The minimum absolute atomic E-state index is 0.0343. The van der Waals surface area contributed by atoms with E-state index < -0.39 is 22.8 Å². The van der Waals surface area contributed by atoms with E-state index >= 15 is 0 Å². The Morgan fingerprint density at radius 2 is 1.58 bits per heavy atom. The van der Waals surface area contributed by atoms with Gasteiger partial charge in [-0.05, 0) is 73.0 Å². The molecule has 9 nitrogen and oxygen atoms in total. The molecule has 1 aliphatic rings. The van der Waals surface area contributed by atoms with Gasteiger partial charge in [0.2, 0.25) is 5.95 Å². The predicted molar refractivity (Wildman–Crippen MR) is 159 cm³/mol. The summed E-state index contributed by atoms with van der Waals surface area (Å²) in [6.07, 6.45) is -0.618. The Kier molecular flexibility index (Phi) is 9.07. The number of piperazine rings is 1. The van der Waals surface area contributed by atoms with Crippen LogP contribution in [0.1, 0.15) is 33.9 Å². The number of rotatable bonds is 7. The highest BCUT2D eigenvalue weighted by Crippen LogP contribution is 2.36. The maximum atomic E-state index is 13.2. The van der Waals surface area contributed by atoms with Gasteiger partial charge in [-0.25, -0.2) is 9.78 Å². The van der Waals surface area contributed by atoms with E-state index in [4.69, 9.17) is 16.6 Å². The van der Waals surface area contributed by atoms with Crippen LogP contribution in [-0.2, 0) is 19.1 Å². The SMILES string of the molecule is Cc1nc(Cc2cc(NC(=O)Nc3ccc(Cl)c(C(F)(F)F)c3)ccc2C)nc(N2CCN(Cc3ccncc3)CC2)n1. The highest BCUT2D eigenvalue weighted by Gasteiger charge is 2.33. The molecule has 1 aliphatic heterocycles. The van der Waals surface area contributed by atoms with Gasteiger partial charge in [0.15, 0.2) is 0 Å². The van der Waals surface area contributed by atoms with Crippen molar-refractivity contribution >= 4 is 35.0 Å². The van der Waals surface area contributed by atoms with E-state index in [0.717, 1.165) is 56.0 Å². The molecule has 0 spiro atoms. The molecule has 0 aliphatic carbocycles. The normalized spacial score (nSPS) is 14.0. The lowest BCUT2D eigenvalue weighted by Gasteiger charge is -2.34. The molecule has 43 heavy (non-hydrogen) atoms. The van der Waals surface area contributed by atoms with Crippen molar-refractivity contribution in [1.29, 1.82) is 0 Å². The molecule has 224 valence electrons. The number of anilines is 3. The third-order valence-corrected chi connectivity index (χ3v) is 7.41. The van der Waals surface area contributed by atoms with Gasteiger partial charge in [-0.3, -0.25) is 9.88 Å². The minimum Gasteiger partial charge on any atom is -0.338 e. The summed E-state index contributed by atoms with van der Waals surface area (Å²) in [5.41, 5.74) is 2.51. The average Bonchev–Trinajstić information content (AvgIpc) is 2.96. The molecule has 1 saturated heterocycles.